The van der Waals surface area contributed by atoms with Crippen LogP contribution in [0.4, 0.5) is 0 Å². The van der Waals surface area contributed by atoms with Crippen LogP contribution in [-0.2, 0) is 6.42 Å². The van der Waals surface area contributed by atoms with Crippen LogP contribution >= 0.6 is 0 Å². The molecule has 1 spiro atoms. The molecule has 1 N–H and O–H groups in total. The van der Waals surface area contributed by atoms with E-state index < -0.39 is 0 Å². The number of amides is 1. The van der Waals surface area contributed by atoms with E-state index in [-0.39, 0.29) is 5.91 Å². The predicted molar refractivity (Wildman–Crippen MR) is 111 cm³/mol. The number of hydrogen-bond acceptors (Lipinski definition) is 3. The highest BCUT2D eigenvalue weighted by atomic mass is 16.2. The fourth-order valence-corrected chi connectivity index (χ4v) is 5.05. The molecule has 5 nitrogen and oxygen atoms in total. The van der Waals surface area contributed by atoms with Crippen molar-refractivity contribution in [3.63, 3.8) is 0 Å². The summed E-state index contributed by atoms with van der Waals surface area (Å²) >= 11 is 0. The molecule has 0 saturated carbocycles. The standard InChI is InChI=1S/C23H32N4O/c1-3-20-14-21(25-24-20)22(28)27-12-10-23(11-13-27)15-19(16-26(4-2)17-23)18-8-6-5-7-9-18/h5-9,14,19H,3-4,10-13,15-17H2,1-2H3,(H,24,25). The van der Waals surface area contributed by atoms with Crippen LogP contribution in [0.1, 0.15) is 60.8 Å². The van der Waals surface area contributed by atoms with Crippen LogP contribution in [0.15, 0.2) is 36.4 Å². The summed E-state index contributed by atoms with van der Waals surface area (Å²) in [5, 5.41) is 7.18. The van der Waals surface area contributed by atoms with E-state index in [0.717, 1.165) is 57.7 Å². The van der Waals surface area contributed by atoms with Crippen molar-refractivity contribution in [3.8, 4) is 0 Å². The van der Waals surface area contributed by atoms with Crippen molar-refractivity contribution in [2.75, 3.05) is 32.7 Å². The average molecular weight is 381 g/mol. The Bertz CT molecular complexity index is 792. The lowest BCUT2D eigenvalue weighted by Gasteiger charge is -2.50. The number of aromatic amines is 1. The Morgan fingerprint density at radius 3 is 2.61 bits per heavy atom. The third kappa shape index (κ3) is 3.86. The largest absolute Gasteiger partial charge is 0.337 e. The smallest absolute Gasteiger partial charge is 0.274 e. The molecule has 0 bridgehead atoms. The van der Waals surface area contributed by atoms with Crippen molar-refractivity contribution in [1.29, 1.82) is 0 Å². The number of carbonyl (C=O) groups excluding carboxylic acids is 1. The van der Waals surface area contributed by atoms with E-state index in [4.69, 9.17) is 0 Å². The fraction of sp³-hybridized carbons (Fsp3) is 0.565. The molecule has 2 aromatic rings. The van der Waals surface area contributed by atoms with Crippen LogP contribution in [0, 0.1) is 5.41 Å². The Morgan fingerprint density at radius 1 is 1.21 bits per heavy atom. The highest BCUT2D eigenvalue weighted by molar-refractivity contribution is 5.92. The fourth-order valence-electron chi connectivity index (χ4n) is 5.05. The van der Waals surface area contributed by atoms with E-state index in [1.165, 1.54) is 12.0 Å². The molecule has 1 aromatic heterocycles. The lowest BCUT2D eigenvalue weighted by Crippen LogP contribution is -2.52. The molecule has 1 unspecified atom stereocenters. The number of H-pyrrole nitrogens is 1. The molecule has 2 aliphatic heterocycles. The summed E-state index contributed by atoms with van der Waals surface area (Å²) in [6.45, 7) is 9.43. The van der Waals surface area contributed by atoms with Gasteiger partial charge >= 0.3 is 0 Å². The van der Waals surface area contributed by atoms with Crippen molar-refractivity contribution in [2.45, 2.75) is 45.4 Å². The minimum Gasteiger partial charge on any atom is -0.337 e. The number of carbonyl (C=O) groups is 1. The van der Waals surface area contributed by atoms with Crippen molar-refractivity contribution >= 4 is 5.91 Å². The van der Waals surface area contributed by atoms with Crippen LogP contribution in [-0.4, -0.2) is 58.6 Å². The number of likely N-dealkylation sites (tertiary alicyclic amines) is 2. The van der Waals surface area contributed by atoms with Gasteiger partial charge in [0, 0.05) is 31.9 Å². The Balaban J connectivity index is 1.45. The molecule has 2 aliphatic rings. The summed E-state index contributed by atoms with van der Waals surface area (Å²) in [6.07, 6.45) is 4.28. The van der Waals surface area contributed by atoms with E-state index in [9.17, 15) is 4.79 Å². The second kappa shape index (κ2) is 8.08. The van der Waals surface area contributed by atoms with E-state index in [1.807, 2.05) is 11.0 Å². The summed E-state index contributed by atoms with van der Waals surface area (Å²) in [6, 6.07) is 12.9. The number of nitrogens with zero attached hydrogens (tertiary/aromatic N) is 3. The molecule has 150 valence electrons. The zero-order valence-corrected chi connectivity index (χ0v) is 17.2. The summed E-state index contributed by atoms with van der Waals surface area (Å²) in [5.41, 5.74) is 3.37. The Labute approximate surface area is 168 Å². The van der Waals surface area contributed by atoms with Crippen molar-refractivity contribution in [2.24, 2.45) is 5.41 Å². The molecule has 1 amide bonds. The molecule has 5 heteroatoms. The number of nitrogens with one attached hydrogen (secondary N) is 1. The van der Waals surface area contributed by atoms with E-state index in [2.05, 4.69) is 59.3 Å². The topological polar surface area (TPSA) is 52.2 Å². The van der Waals surface area contributed by atoms with E-state index in [0.29, 0.717) is 17.0 Å². The maximum absolute atomic E-state index is 12.8. The monoisotopic (exact) mass is 380 g/mol. The van der Waals surface area contributed by atoms with Gasteiger partial charge in [0.05, 0.1) is 0 Å². The van der Waals surface area contributed by atoms with Crippen LogP contribution < -0.4 is 0 Å². The van der Waals surface area contributed by atoms with Gasteiger partial charge in [-0.3, -0.25) is 9.89 Å². The number of aromatic nitrogens is 2. The van der Waals surface area contributed by atoms with Gasteiger partial charge in [-0.15, -0.1) is 0 Å². The quantitative estimate of drug-likeness (QED) is 0.880. The van der Waals surface area contributed by atoms with Gasteiger partial charge in [-0.05, 0) is 55.2 Å². The minimum atomic E-state index is 0.0774. The molecule has 28 heavy (non-hydrogen) atoms. The summed E-state index contributed by atoms with van der Waals surface area (Å²) in [5.74, 6) is 0.671. The van der Waals surface area contributed by atoms with Crippen molar-refractivity contribution in [1.82, 2.24) is 20.0 Å². The molecular weight excluding hydrogens is 348 g/mol. The van der Waals surface area contributed by atoms with E-state index >= 15 is 0 Å². The first kappa shape index (κ1) is 19.2. The number of rotatable bonds is 4. The van der Waals surface area contributed by atoms with Crippen molar-refractivity contribution < 1.29 is 4.79 Å². The third-order valence-electron chi connectivity index (χ3n) is 6.78. The molecule has 1 aromatic carbocycles. The Kier molecular flexibility index (Phi) is 5.54. The van der Waals surface area contributed by atoms with Gasteiger partial charge in [0.15, 0.2) is 0 Å². The summed E-state index contributed by atoms with van der Waals surface area (Å²) in [4.78, 5) is 17.5. The third-order valence-corrected chi connectivity index (χ3v) is 6.78. The van der Waals surface area contributed by atoms with Gasteiger partial charge in [-0.2, -0.15) is 5.10 Å². The summed E-state index contributed by atoms with van der Waals surface area (Å²) < 4.78 is 0. The van der Waals surface area contributed by atoms with Crippen molar-refractivity contribution in [3.05, 3.63) is 53.3 Å². The molecule has 3 heterocycles. The average Bonchev–Trinajstić information content (AvgIpc) is 3.23. The van der Waals surface area contributed by atoms with Gasteiger partial charge in [0.2, 0.25) is 0 Å². The van der Waals surface area contributed by atoms with Gasteiger partial charge < -0.3 is 9.80 Å². The molecule has 1 atom stereocenters. The predicted octanol–water partition coefficient (Wildman–Crippen LogP) is 3.70. The highest BCUT2D eigenvalue weighted by Gasteiger charge is 2.42. The first-order valence-electron chi connectivity index (χ1n) is 10.7. The van der Waals surface area contributed by atoms with Gasteiger partial charge in [0.25, 0.3) is 5.91 Å². The Hall–Kier alpha value is -2.14. The van der Waals surface area contributed by atoms with E-state index in [1.54, 1.807) is 0 Å². The van der Waals surface area contributed by atoms with Crippen LogP contribution in [0.3, 0.4) is 0 Å². The maximum Gasteiger partial charge on any atom is 0.274 e. The lowest BCUT2D eigenvalue weighted by atomic mass is 9.68. The second-order valence-electron chi connectivity index (χ2n) is 8.56. The number of likely N-dealkylation sites (N-methyl/N-ethyl adjacent to an activating group) is 1. The maximum atomic E-state index is 12.8. The number of benzene rings is 1. The zero-order valence-electron chi connectivity index (χ0n) is 17.2. The molecular formula is C23H32N4O. The number of piperidine rings is 2. The van der Waals surface area contributed by atoms with Crippen LogP contribution in [0.25, 0.3) is 0 Å². The Morgan fingerprint density at radius 2 is 1.96 bits per heavy atom. The zero-order chi connectivity index (χ0) is 19.6. The minimum absolute atomic E-state index is 0.0774. The van der Waals surface area contributed by atoms with Gasteiger partial charge in [-0.1, -0.05) is 44.2 Å². The SMILES string of the molecule is CCc1cc(C(=O)N2CCC3(CC2)CC(c2ccccc2)CN(CC)C3)n[nH]1. The number of hydrogen-bond donors (Lipinski definition) is 1. The summed E-state index contributed by atoms with van der Waals surface area (Å²) in [7, 11) is 0. The molecule has 2 fully saturated rings. The number of aryl methyl sites for hydroxylation is 1. The normalized spacial score (nSPS) is 22.5. The molecule has 4 rings (SSSR count). The first-order chi connectivity index (χ1) is 13.6. The van der Waals surface area contributed by atoms with Gasteiger partial charge in [0.1, 0.15) is 5.69 Å². The second-order valence-corrected chi connectivity index (χ2v) is 8.56. The van der Waals surface area contributed by atoms with Crippen LogP contribution in [0.5, 0.6) is 0 Å². The lowest BCUT2D eigenvalue weighted by molar-refractivity contribution is 0.0156. The van der Waals surface area contributed by atoms with Gasteiger partial charge in [-0.25, -0.2) is 0 Å². The molecule has 0 radical (unpaired) electrons. The first-order valence-corrected chi connectivity index (χ1v) is 10.7. The highest BCUT2D eigenvalue weighted by Crippen LogP contribution is 2.45. The molecule has 0 aliphatic carbocycles. The molecule has 2 saturated heterocycles. The van der Waals surface area contributed by atoms with Crippen LogP contribution in [0.2, 0.25) is 0 Å².